The lowest BCUT2D eigenvalue weighted by atomic mass is 9.67. The summed E-state index contributed by atoms with van der Waals surface area (Å²) in [6, 6.07) is 101. The van der Waals surface area contributed by atoms with Crippen molar-refractivity contribution in [1.82, 2.24) is 19.9 Å². The third-order valence-corrected chi connectivity index (χ3v) is 20.4. The number of allylic oxidation sites excluding steroid dienone is 4. The number of pyridine rings is 4. The number of carbonyl (C=O) groups is 1. The van der Waals surface area contributed by atoms with E-state index in [0.717, 1.165) is 81.4 Å². The summed E-state index contributed by atoms with van der Waals surface area (Å²) in [7, 11) is 0. The van der Waals surface area contributed by atoms with Crippen LogP contribution in [0.25, 0.3) is 55.6 Å². The zero-order chi connectivity index (χ0) is 103. The predicted molar refractivity (Wildman–Crippen MR) is 610 cm³/mol. The fourth-order valence-electron chi connectivity index (χ4n) is 14.3. The van der Waals surface area contributed by atoms with Gasteiger partial charge in [-0.05, 0) is 161 Å². The molecule has 0 radical (unpaired) electrons. The monoisotopic (exact) mass is 1830 g/mol. The normalized spacial score (nSPS) is 10.7. The summed E-state index contributed by atoms with van der Waals surface area (Å²) >= 11 is 0. The van der Waals surface area contributed by atoms with Crippen molar-refractivity contribution < 1.29 is 9.21 Å². The molecule has 0 unspecified atom stereocenters. The first-order valence-corrected chi connectivity index (χ1v) is 52.3. The quantitative estimate of drug-likeness (QED) is 0.165. The van der Waals surface area contributed by atoms with Gasteiger partial charge in [-0.15, -0.1) is 0 Å². The summed E-state index contributed by atoms with van der Waals surface area (Å²) in [5, 5.41) is 2.39. The van der Waals surface area contributed by atoms with Crippen molar-refractivity contribution in [2.24, 2.45) is 5.92 Å². The number of furan rings is 1. The molecular formula is C129H188N4O2. The van der Waals surface area contributed by atoms with E-state index in [2.05, 4.69) is 250 Å². The summed E-state index contributed by atoms with van der Waals surface area (Å²) in [6.45, 7) is 77.6. The number of benzene rings is 9. The Morgan fingerprint density at radius 1 is 0.252 bits per heavy atom. The fraction of sp³-hybridized carbons (Fsp3) is 0.388. The van der Waals surface area contributed by atoms with E-state index in [1.165, 1.54) is 92.9 Å². The number of rotatable bonds is 6. The second kappa shape index (κ2) is 85.4. The Hall–Kier alpha value is -11.5. The third-order valence-electron chi connectivity index (χ3n) is 20.4. The molecule has 5 aliphatic carbocycles. The third kappa shape index (κ3) is 43.8. The average Bonchev–Trinajstić information content (AvgIpc) is 1.60. The van der Waals surface area contributed by atoms with E-state index in [1.54, 1.807) is 0 Å². The lowest BCUT2D eigenvalue weighted by molar-refractivity contribution is 0.104. The van der Waals surface area contributed by atoms with E-state index in [-0.39, 0.29) is 16.6 Å². The molecule has 0 bridgehead atoms. The van der Waals surface area contributed by atoms with Crippen LogP contribution >= 0.6 is 0 Å². The Kier molecular flexibility index (Phi) is 83.6. The SMILES string of the molecule is C1=CCC=C1.CC.CC.CC.CC.CC.CC.CC.CC.CC.CC.CC.CC.CC.CC.CC.CC.CC(C)(c1ccccc1)C1CCCCC1.CC(C)(c1ccccc1)c1ccccc1.CC(C)(c1ccccn1)c1ccccn1.O=C1c2ccccc2-c2ccccc21.c1ccc2c(c1)Cc1ccccc1-2.c1ccc2c(c1)oc1ccccc12.c1cnc2c(c1)Cc1cccnc1-2. The van der Waals surface area contributed by atoms with Crippen molar-refractivity contribution in [3.63, 3.8) is 0 Å². The maximum atomic E-state index is 11.9. The van der Waals surface area contributed by atoms with Crippen LogP contribution in [0.1, 0.15) is 368 Å². The summed E-state index contributed by atoms with van der Waals surface area (Å²) in [6.07, 6.45) is 26.0. The molecule has 0 atom stereocenters. The Labute approximate surface area is 829 Å². The van der Waals surface area contributed by atoms with Gasteiger partial charge in [0.05, 0.1) is 22.8 Å². The molecular weight excluding hydrogens is 1640 g/mol. The molecule has 736 valence electrons. The molecule has 1 saturated carbocycles. The van der Waals surface area contributed by atoms with Gasteiger partial charge < -0.3 is 4.42 Å². The molecule has 14 aromatic rings. The van der Waals surface area contributed by atoms with Crippen LogP contribution in [0.3, 0.4) is 0 Å². The summed E-state index contributed by atoms with van der Waals surface area (Å²) in [4.78, 5) is 29.3. The van der Waals surface area contributed by atoms with Crippen LogP contribution in [0.4, 0.5) is 0 Å². The first-order chi connectivity index (χ1) is 66.4. The second-order valence-electron chi connectivity index (χ2n) is 28.1. The summed E-state index contributed by atoms with van der Waals surface area (Å²) < 4.78 is 5.65. The second-order valence-corrected chi connectivity index (χ2v) is 28.1. The lowest BCUT2D eigenvalue weighted by Crippen LogP contribution is -2.30. The van der Waals surface area contributed by atoms with Gasteiger partial charge in [-0.2, -0.15) is 0 Å². The Morgan fingerprint density at radius 3 is 0.852 bits per heavy atom. The van der Waals surface area contributed by atoms with E-state index in [9.17, 15) is 4.79 Å². The Bertz CT molecular complexity index is 4640. The smallest absolute Gasteiger partial charge is 0.194 e. The van der Waals surface area contributed by atoms with Gasteiger partial charge in [0.1, 0.15) is 11.2 Å². The van der Waals surface area contributed by atoms with Crippen molar-refractivity contribution in [1.29, 1.82) is 0 Å². The molecule has 0 spiro atoms. The zero-order valence-electron chi connectivity index (χ0n) is 92.2. The van der Waals surface area contributed by atoms with E-state index in [1.807, 2.05) is 380 Å². The average molecular weight is 1830 g/mol. The van der Waals surface area contributed by atoms with Crippen molar-refractivity contribution in [3.05, 3.63) is 408 Å². The molecule has 6 heteroatoms. The molecule has 9 aromatic carbocycles. The van der Waals surface area contributed by atoms with Gasteiger partial charge in [0.2, 0.25) is 0 Å². The van der Waals surface area contributed by atoms with Crippen LogP contribution in [0.15, 0.2) is 351 Å². The molecule has 0 amide bonds. The number of hydrogen-bond acceptors (Lipinski definition) is 6. The molecule has 0 saturated heterocycles. The van der Waals surface area contributed by atoms with Crippen molar-refractivity contribution in [2.75, 3.05) is 0 Å². The number of ketones is 1. The van der Waals surface area contributed by atoms with Crippen molar-refractivity contribution >= 4 is 27.7 Å². The highest BCUT2D eigenvalue weighted by Gasteiger charge is 2.32. The van der Waals surface area contributed by atoms with Crippen molar-refractivity contribution in [2.45, 2.75) is 331 Å². The number of para-hydroxylation sites is 2. The maximum absolute atomic E-state index is 11.9. The molecule has 135 heavy (non-hydrogen) atoms. The molecule has 19 rings (SSSR count). The minimum Gasteiger partial charge on any atom is -0.456 e. The maximum Gasteiger partial charge on any atom is 0.194 e. The number of carbonyl (C=O) groups excluding carboxylic acids is 1. The standard InChI is InChI=1S/C15H22.C15H16.C13H14N2.C13H8O.C13H10.C12H8O.C11H8N2.C5H6.16C2H6/c2*1-15(2,13-9-5-3-6-10-13)14-11-7-4-8-12-14;1-13(2,11-7-3-5-9-14-11)12-8-4-6-10-15-12;14-13-11-7-3-1-5-9(11)10-6-2-4-8-12(10)13;1-3-7-12-10(5-1)9-11-6-2-4-8-13(11)12;1-3-7-11-9(5-1)10-6-2-4-8-12(10)13-11;1-3-8-7-9-4-2-6-13-11(9)10(8)12-5-1;1-2-4-5-3-1;16*1-2/h3,5-6,9-10,14H,4,7-8,11-12H2,1-2H3;3-12H,1-2H3;3-10H,1-2H3;1-8H;1-8H,9H2;1-8H;1-6H,7H2;1-4H,5H2;16*1-2H3. The number of fused-ring (bicyclic) bond motifs is 12. The molecule has 5 aliphatic rings. The number of hydrogen-bond donors (Lipinski definition) is 0. The van der Waals surface area contributed by atoms with Crippen LogP contribution in [0.5, 0.6) is 0 Å². The largest absolute Gasteiger partial charge is 0.456 e. The first kappa shape index (κ1) is 132. The Balaban J connectivity index is -0.000000459. The van der Waals surface area contributed by atoms with Gasteiger partial charge in [0, 0.05) is 63.9 Å². The van der Waals surface area contributed by atoms with Crippen LogP contribution < -0.4 is 0 Å². The molecule has 5 aromatic heterocycles. The van der Waals surface area contributed by atoms with E-state index in [4.69, 9.17) is 4.42 Å². The minimum atomic E-state index is -0.136. The molecule has 1 fully saturated rings. The zero-order valence-corrected chi connectivity index (χ0v) is 92.2. The van der Waals surface area contributed by atoms with Gasteiger partial charge in [0.25, 0.3) is 0 Å². The number of aromatic nitrogens is 4. The van der Waals surface area contributed by atoms with Crippen LogP contribution in [-0.2, 0) is 29.1 Å². The molecule has 6 nitrogen and oxygen atoms in total. The lowest BCUT2D eigenvalue weighted by Gasteiger charge is -2.37. The number of nitrogens with zero attached hydrogens (tertiary/aromatic N) is 4. The van der Waals surface area contributed by atoms with Gasteiger partial charge in [0.15, 0.2) is 5.78 Å². The van der Waals surface area contributed by atoms with Crippen LogP contribution in [-0.4, -0.2) is 25.7 Å². The van der Waals surface area contributed by atoms with Gasteiger partial charge in [-0.1, -0.05) is 542 Å². The summed E-state index contributed by atoms with van der Waals surface area (Å²) in [5.74, 6) is 1.03. The molecule has 0 aliphatic heterocycles. The minimum absolute atomic E-state index is 0.0858. The highest BCUT2D eigenvalue weighted by Crippen LogP contribution is 2.42. The van der Waals surface area contributed by atoms with E-state index >= 15 is 0 Å². The predicted octanol–water partition coefficient (Wildman–Crippen LogP) is 41.1. The molecule has 5 heterocycles. The fourth-order valence-corrected chi connectivity index (χ4v) is 14.3. The Morgan fingerprint density at radius 2 is 0.526 bits per heavy atom. The van der Waals surface area contributed by atoms with E-state index in [0.29, 0.717) is 5.41 Å². The first-order valence-electron chi connectivity index (χ1n) is 52.3. The van der Waals surface area contributed by atoms with Gasteiger partial charge >= 0.3 is 0 Å². The van der Waals surface area contributed by atoms with E-state index < -0.39 is 0 Å². The van der Waals surface area contributed by atoms with Crippen molar-refractivity contribution in [3.8, 4) is 33.6 Å². The summed E-state index contributed by atoms with van der Waals surface area (Å²) in [5.41, 5.74) is 22.8. The highest BCUT2D eigenvalue weighted by molar-refractivity contribution is 6.21. The highest BCUT2D eigenvalue weighted by atomic mass is 16.3. The van der Waals surface area contributed by atoms with Gasteiger partial charge in [-0.25, -0.2) is 0 Å². The van der Waals surface area contributed by atoms with Crippen LogP contribution in [0, 0.1) is 5.92 Å². The van der Waals surface area contributed by atoms with Crippen LogP contribution in [0.2, 0.25) is 0 Å². The molecule has 0 N–H and O–H groups in total. The topological polar surface area (TPSA) is 81.8 Å². The van der Waals surface area contributed by atoms with Gasteiger partial charge in [-0.3, -0.25) is 24.7 Å².